The van der Waals surface area contributed by atoms with E-state index in [0.29, 0.717) is 17.7 Å². The molecule has 2 aromatic rings. The van der Waals surface area contributed by atoms with Crippen molar-refractivity contribution in [1.29, 1.82) is 0 Å². The van der Waals surface area contributed by atoms with Gasteiger partial charge in [0.1, 0.15) is 12.2 Å². The normalized spacial score (nSPS) is 13.7. The highest BCUT2D eigenvalue weighted by atomic mass is 16.5. The lowest BCUT2D eigenvalue weighted by Crippen LogP contribution is -2.05. The van der Waals surface area contributed by atoms with Gasteiger partial charge in [0.05, 0.1) is 18.1 Å². The van der Waals surface area contributed by atoms with Crippen LogP contribution in [-0.2, 0) is 0 Å². The Kier molecular flexibility index (Phi) is 5.09. The zero-order valence-corrected chi connectivity index (χ0v) is 13.6. The molecule has 0 N–H and O–H groups in total. The third-order valence-electron chi connectivity index (χ3n) is 3.76. The molecule has 0 saturated heterocycles. The fourth-order valence-electron chi connectivity index (χ4n) is 2.06. The van der Waals surface area contributed by atoms with E-state index in [0.717, 1.165) is 23.2 Å². The zero-order valence-electron chi connectivity index (χ0n) is 13.6. The molecule has 22 heavy (non-hydrogen) atoms. The lowest BCUT2D eigenvalue weighted by atomic mass is 10.0. The van der Waals surface area contributed by atoms with Crippen molar-refractivity contribution in [2.45, 2.75) is 27.2 Å². The fraction of sp³-hybridized carbons (Fsp3) is 0.353. The Balaban J connectivity index is 2.30. The molecule has 0 saturated carbocycles. The second-order valence-corrected chi connectivity index (χ2v) is 5.16. The Labute approximate surface area is 131 Å². The highest BCUT2D eigenvalue weighted by molar-refractivity contribution is 5.91. The number of aromatic nitrogens is 2. The Bertz CT molecular complexity index is 727. The van der Waals surface area contributed by atoms with Gasteiger partial charge in [-0.1, -0.05) is 32.6 Å². The third kappa shape index (κ3) is 3.24. The topological polar surface area (TPSA) is 51.8 Å². The summed E-state index contributed by atoms with van der Waals surface area (Å²) < 4.78 is 7.09. The summed E-state index contributed by atoms with van der Waals surface area (Å²) >= 11 is 0. The van der Waals surface area contributed by atoms with Crippen molar-refractivity contribution in [3.63, 3.8) is 0 Å². The van der Waals surface area contributed by atoms with Crippen molar-refractivity contribution >= 4 is 28.9 Å². The Hall–Kier alpha value is -2.43. The van der Waals surface area contributed by atoms with Crippen molar-refractivity contribution in [3.05, 3.63) is 30.8 Å². The van der Waals surface area contributed by atoms with Crippen LogP contribution < -0.4 is 4.74 Å². The Morgan fingerprint density at radius 3 is 2.86 bits per heavy atom. The first-order valence-electron chi connectivity index (χ1n) is 7.36. The molecule has 0 bridgehead atoms. The minimum absolute atomic E-state index is 0.448. The smallest absolute Gasteiger partial charge is 0.303 e. The van der Waals surface area contributed by atoms with Crippen LogP contribution in [0.4, 0.5) is 0 Å². The first-order chi connectivity index (χ1) is 10.6. The molecule has 1 heterocycles. The van der Waals surface area contributed by atoms with Crippen LogP contribution in [0.2, 0.25) is 0 Å². The third-order valence-corrected chi connectivity index (χ3v) is 3.76. The van der Waals surface area contributed by atoms with Gasteiger partial charge in [-0.05, 0) is 31.4 Å². The van der Waals surface area contributed by atoms with Crippen molar-refractivity contribution < 1.29 is 4.74 Å². The van der Waals surface area contributed by atoms with Crippen molar-refractivity contribution in [2.75, 3.05) is 7.11 Å². The van der Waals surface area contributed by atoms with E-state index in [2.05, 4.69) is 35.4 Å². The van der Waals surface area contributed by atoms with E-state index in [1.807, 2.05) is 31.2 Å². The van der Waals surface area contributed by atoms with Crippen LogP contribution in [0, 0.1) is 5.92 Å². The van der Waals surface area contributed by atoms with E-state index >= 15 is 0 Å². The molecule has 0 aliphatic heterocycles. The van der Waals surface area contributed by atoms with E-state index < -0.39 is 0 Å². The van der Waals surface area contributed by atoms with E-state index in [1.54, 1.807) is 11.7 Å². The predicted molar refractivity (Wildman–Crippen MR) is 92.7 cm³/mol. The second-order valence-electron chi connectivity index (χ2n) is 5.16. The van der Waals surface area contributed by atoms with Gasteiger partial charge in [0, 0.05) is 5.71 Å². The number of hydrogen-bond donors (Lipinski definition) is 0. The summed E-state index contributed by atoms with van der Waals surface area (Å²) in [5, 5.41) is 0. The molecule has 0 aliphatic carbocycles. The summed E-state index contributed by atoms with van der Waals surface area (Å²) in [6.07, 6.45) is 2.60. The number of benzene rings is 1. The van der Waals surface area contributed by atoms with Gasteiger partial charge >= 0.3 is 6.01 Å². The second kappa shape index (κ2) is 7.02. The molecular formula is C17H22N4O. The molecule has 5 heteroatoms. The summed E-state index contributed by atoms with van der Waals surface area (Å²) in [4.78, 5) is 13.1. The SMILES string of the molecule is C=C(/N=C\N=C(C)C(C)CC)n1c(OC)nc2ccccc21. The molecule has 0 spiro atoms. The van der Waals surface area contributed by atoms with Gasteiger partial charge in [0.25, 0.3) is 0 Å². The van der Waals surface area contributed by atoms with Gasteiger partial charge in [-0.25, -0.2) is 14.6 Å². The zero-order chi connectivity index (χ0) is 16.1. The van der Waals surface area contributed by atoms with E-state index in [-0.39, 0.29) is 0 Å². The quantitative estimate of drug-likeness (QED) is 0.597. The number of para-hydroxylation sites is 2. The van der Waals surface area contributed by atoms with Gasteiger partial charge < -0.3 is 4.74 Å². The van der Waals surface area contributed by atoms with Gasteiger partial charge in [-0.15, -0.1) is 0 Å². The summed E-state index contributed by atoms with van der Waals surface area (Å²) in [6, 6.07) is 8.23. The van der Waals surface area contributed by atoms with Gasteiger partial charge in [0.2, 0.25) is 0 Å². The van der Waals surface area contributed by atoms with Crippen LogP contribution in [0.15, 0.2) is 40.8 Å². The molecule has 1 aromatic heterocycles. The number of nitrogens with zero attached hydrogens (tertiary/aromatic N) is 4. The molecule has 5 nitrogen and oxygen atoms in total. The van der Waals surface area contributed by atoms with Gasteiger partial charge in [-0.2, -0.15) is 4.98 Å². The standard InChI is InChI=1S/C17H22N4O/c1-6-12(2)13(3)18-11-19-14(4)21-16-10-8-7-9-15(16)20-17(21)22-5/h7-12H,4,6H2,1-3,5H3/b18-13?,19-11-. The first-order valence-corrected chi connectivity index (χ1v) is 7.36. The predicted octanol–water partition coefficient (Wildman–Crippen LogP) is 4.01. The van der Waals surface area contributed by atoms with Gasteiger partial charge in [0.15, 0.2) is 0 Å². The van der Waals surface area contributed by atoms with Crippen LogP contribution in [0.1, 0.15) is 27.2 Å². The number of fused-ring (bicyclic) bond motifs is 1. The Morgan fingerprint density at radius 2 is 2.18 bits per heavy atom. The number of aliphatic imine (C=N–C) groups is 2. The maximum absolute atomic E-state index is 5.32. The van der Waals surface area contributed by atoms with Crippen LogP contribution in [0.5, 0.6) is 6.01 Å². The highest BCUT2D eigenvalue weighted by Gasteiger charge is 2.12. The summed E-state index contributed by atoms with van der Waals surface area (Å²) in [6.45, 7) is 10.3. The Morgan fingerprint density at radius 1 is 1.45 bits per heavy atom. The number of rotatable bonds is 6. The number of ether oxygens (including phenoxy) is 1. The molecule has 1 aromatic carbocycles. The minimum Gasteiger partial charge on any atom is -0.468 e. The summed E-state index contributed by atoms with van der Waals surface area (Å²) in [5.41, 5.74) is 2.81. The number of imidazole rings is 1. The molecule has 2 rings (SSSR count). The molecule has 0 aliphatic rings. The van der Waals surface area contributed by atoms with Crippen molar-refractivity contribution in [2.24, 2.45) is 15.9 Å². The molecule has 1 unspecified atom stereocenters. The fourth-order valence-corrected chi connectivity index (χ4v) is 2.06. The molecular weight excluding hydrogens is 276 g/mol. The number of methoxy groups -OCH3 is 1. The van der Waals surface area contributed by atoms with Gasteiger partial charge in [-0.3, -0.25) is 0 Å². The highest BCUT2D eigenvalue weighted by Crippen LogP contribution is 2.24. The maximum atomic E-state index is 5.32. The lowest BCUT2D eigenvalue weighted by molar-refractivity contribution is 0.376. The largest absolute Gasteiger partial charge is 0.468 e. The van der Waals surface area contributed by atoms with E-state index in [1.165, 1.54) is 6.34 Å². The molecule has 1 atom stereocenters. The van der Waals surface area contributed by atoms with Crippen LogP contribution >= 0.6 is 0 Å². The van der Waals surface area contributed by atoms with Crippen LogP contribution in [0.25, 0.3) is 16.9 Å². The van der Waals surface area contributed by atoms with E-state index in [9.17, 15) is 0 Å². The molecule has 0 amide bonds. The lowest BCUT2D eigenvalue weighted by Gasteiger charge is -2.07. The monoisotopic (exact) mass is 298 g/mol. The number of hydrogen-bond acceptors (Lipinski definition) is 3. The first kappa shape index (κ1) is 15.9. The van der Waals surface area contributed by atoms with E-state index in [4.69, 9.17) is 4.74 Å². The van der Waals surface area contributed by atoms with Crippen LogP contribution in [0.3, 0.4) is 0 Å². The molecule has 0 fully saturated rings. The summed E-state index contributed by atoms with van der Waals surface area (Å²) in [7, 11) is 1.58. The van der Waals surface area contributed by atoms with Crippen molar-refractivity contribution in [3.8, 4) is 6.01 Å². The minimum atomic E-state index is 0.448. The summed E-state index contributed by atoms with van der Waals surface area (Å²) in [5.74, 6) is 0.967. The average molecular weight is 298 g/mol. The van der Waals surface area contributed by atoms with Crippen LogP contribution in [-0.4, -0.2) is 28.7 Å². The van der Waals surface area contributed by atoms with Crippen molar-refractivity contribution in [1.82, 2.24) is 9.55 Å². The molecule has 0 radical (unpaired) electrons. The maximum Gasteiger partial charge on any atom is 0.303 e. The average Bonchev–Trinajstić information content (AvgIpc) is 2.92. The molecule has 116 valence electrons.